The highest BCUT2D eigenvalue weighted by Crippen LogP contribution is 2.22. The molecule has 0 aromatic heterocycles. The van der Waals surface area contributed by atoms with Gasteiger partial charge in [0, 0.05) is 23.2 Å². The Kier molecular flexibility index (Phi) is 5.86. The third-order valence-electron chi connectivity index (χ3n) is 3.83. The number of hydrogen-bond acceptors (Lipinski definition) is 2. The van der Waals surface area contributed by atoms with Crippen LogP contribution in [0.2, 0.25) is 0 Å². The molecule has 1 heterocycles. The van der Waals surface area contributed by atoms with Crippen LogP contribution in [-0.4, -0.2) is 18.8 Å². The van der Waals surface area contributed by atoms with Crippen LogP contribution in [0.4, 0.5) is 0 Å². The molecule has 0 amide bonds. The minimum Gasteiger partial charge on any atom is -0.378 e. The van der Waals surface area contributed by atoms with Crippen LogP contribution in [-0.2, 0) is 4.74 Å². The van der Waals surface area contributed by atoms with E-state index in [0.29, 0.717) is 18.2 Å². The van der Waals surface area contributed by atoms with Crippen LogP contribution in [0.5, 0.6) is 0 Å². The molecular weight excluding hydrogens is 302 g/mol. The van der Waals surface area contributed by atoms with Gasteiger partial charge in [0.05, 0.1) is 6.10 Å². The standard InChI is InChI=1S/C16H24BrNO/c1-3-4-16-11-15(9-10-19-16)18-12(2)13-5-7-14(17)8-6-13/h5-8,12,15-16,18H,3-4,9-11H2,1-2H3/t12-,15?,16?/m1/s1. The third-order valence-corrected chi connectivity index (χ3v) is 4.36. The second-order valence-corrected chi connectivity index (χ2v) is 6.36. The number of ether oxygens (including phenoxy) is 1. The van der Waals surface area contributed by atoms with Gasteiger partial charge in [-0.05, 0) is 43.9 Å². The second kappa shape index (κ2) is 7.41. The highest BCUT2D eigenvalue weighted by molar-refractivity contribution is 9.10. The second-order valence-electron chi connectivity index (χ2n) is 5.44. The molecule has 1 aromatic rings. The lowest BCUT2D eigenvalue weighted by Gasteiger charge is -2.32. The van der Waals surface area contributed by atoms with Crippen molar-refractivity contribution in [3.63, 3.8) is 0 Å². The van der Waals surface area contributed by atoms with Crippen molar-refractivity contribution in [2.24, 2.45) is 0 Å². The number of nitrogens with one attached hydrogen (secondary N) is 1. The van der Waals surface area contributed by atoms with Crippen molar-refractivity contribution in [3.05, 3.63) is 34.3 Å². The SMILES string of the molecule is CCCC1CC(N[C@H](C)c2ccc(Br)cc2)CCO1. The van der Waals surface area contributed by atoms with Gasteiger partial charge in [-0.25, -0.2) is 0 Å². The van der Waals surface area contributed by atoms with Gasteiger partial charge in [-0.1, -0.05) is 41.4 Å². The van der Waals surface area contributed by atoms with E-state index >= 15 is 0 Å². The van der Waals surface area contributed by atoms with Crippen LogP contribution >= 0.6 is 15.9 Å². The van der Waals surface area contributed by atoms with Crippen LogP contribution in [0.25, 0.3) is 0 Å². The molecule has 1 aliphatic heterocycles. The van der Waals surface area contributed by atoms with Gasteiger partial charge >= 0.3 is 0 Å². The Morgan fingerprint density at radius 1 is 1.37 bits per heavy atom. The van der Waals surface area contributed by atoms with E-state index in [0.717, 1.165) is 23.9 Å². The summed E-state index contributed by atoms with van der Waals surface area (Å²) in [5.74, 6) is 0. The zero-order valence-corrected chi connectivity index (χ0v) is 13.4. The van der Waals surface area contributed by atoms with Gasteiger partial charge in [0.25, 0.3) is 0 Å². The van der Waals surface area contributed by atoms with E-state index in [-0.39, 0.29) is 0 Å². The van der Waals surface area contributed by atoms with E-state index in [2.05, 4.69) is 59.4 Å². The van der Waals surface area contributed by atoms with Gasteiger partial charge in [-0.15, -0.1) is 0 Å². The lowest BCUT2D eigenvalue weighted by Crippen LogP contribution is -2.40. The van der Waals surface area contributed by atoms with Crippen molar-refractivity contribution in [2.45, 2.75) is 57.7 Å². The summed E-state index contributed by atoms with van der Waals surface area (Å²) in [6, 6.07) is 9.58. The number of hydrogen-bond donors (Lipinski definition) is 1. The van der Waals surface area contributed by atoms with Crippen LogP contribution in [0, 0.1) is 0 Å². The fourth-order valence-corrected chi connectivity index (χ4v) is 3.02. The quantitative estimate of drug-likeness (QED) is 0.863. The zero-order valence-electron chi connectivity index (χ0n) is 11.9. The average Bonchev–Trinajstić information content (AvgIpc) is 2.40. The fourth-order valence-electron chi connectivity index (χ4n) is 2.76. The maximum Gasteiger partial charge on any atom is 0.0589 e. The first kappa shape index (κ1) is 15.0. The Morgan fingerprint density at radius 2 is 2.11 bits per heavy atom. The Hall–Kier alpha value is -0.380. The minimum atomic E-state index is 0.401. The summed E-state index contributed by atoms with van der Waals surface area (Å²) >= 11 is 3.48. The molecule has 0 saturated carbocycles. The topological polar surface area (TPSA) is 21.3 Å². The largest absolute Gasteiger partial charge is 0.378 e. The van der Waals surface area contributed by atoms with E-state index in [1.165, 1.54) is 18.4 Å². The van der Waals surface area contributed by atoms with Crippen LogP contribution < -0.4 is 5.32 Å². The molecule has 0 spiro atoms. The van der Waals surface area contributed by atoms with E-state index in [1.807, 2.05) is 0 Å². The molecule has 19 heavy (non-hydrogen) atoms. The highest BCUT2D eigenvalue weighted by Gasteiger charge is 2.23. The van der Waals surface area contributed by atoms with Gasteiger partial charge in [-0.3, -0.25) is 0 Å². The van der Waals surface area contributed by atoms with Crippen molar-refractivity contribution in [2.75, 3.05) is 6.61 Å². The summed E-state index contributed by atoms with van der Waals surface area (Å²) < 4.78 is 6.94. The molecule has 2 unspecified atom stereocenters. The molecule has 1 saturated heterocycles. The molecule has 0 radical (unpaired) electrons. The normalized spacial score (nSPS) is 25.2. The third kappa shape index (κ3) is 4.59. The van der Waals surface area contributed by atoms with Crippen molar-refractivity contribution < 1.29 is 4.74 Å². The minimum absolute atomic E-state index is 0.401. The summed E-state index contributed by atoms with van der Waals surface area (Å²) in [7, 11) is 0. The average molecular weight is 326 g/mol. The Morgan fingerprint density at radius 3 is 2.79 bits per heavy atom. The first-order valence-electron chi connectivity index (χ1n) is 7.32. The molecule has 1 aliphatic rings. The molecule has 1 N–H and O–H groups in total. The monoisotopic (exact) mass is 325 g/mol. The van der Waals surface area contributed by atoms with Crippen molar-refractivity contribution in [1.82, 2.24) is 5.32 Å². The molecule has 3 heteroatoms. The van der Waals surface area contributed by atoms with Crippen molar-refractivity contribution in [3.8, 4) is 0 Å². The summed E-state index contributed by atoms with van der Waals surface area (Å²) in [6.45, 7) is 5.37. The lowest BCUT2D eigenvalue weighted by atomic mass is 9.98. The zero-order chi connectivity index (χ0) is 13.7. The summed E-state index contributed by atoms with van der Waals surface area (Å²) in [5.41, 5.74) is 1.35. The molecule has 106 valence electrons. The Balaban J connectivity index is 1.87. The summed E-state index contributed by atoms with van der Waals surface area (Å²) in [4.78, 5) is 0. The predicted molar refractivity (Wildman–Crippen MR) is 83.4 cm³/mol. The van der Waals surface area contributed by atoms with Gasteiger partial charge in [0.15, 0.2) is 0 Å². The van der Waals surface area contributed by atoms with Gasteiger partial charge in [0.1, 0.15) is 0 Å². The van der Waals surface area contributed by atoms with E-state index in [9.17, 15) is 0 Å². The van der Waals surface area contributed by atoms with Crippen molar-refractivity contribution in [1.29, 1.82) is 0 Å². The van der Waals surface area contributed by atoms with E-state index in [1.54, 1.807) is 0 Å². The molecule has 0 aliphatic carbocycles. The first-order chi connectivity index (χ1) is 9.19. The number of halogens is 1. The van der Waals surface area contributed by atoms with Crippen LogP contribution in [0.1, 0.15) is 51.1 Å². The number of benzene rings is 1. The molecule has 1 fully saturated rings. The Labute approximate surface area is 125 Å². The van der Waals surface area contributed by atoms with Gasteiger partial charge in [0.2, 0.25) is 0 Å². The maximum atomic E-state index is 5.81. The molecule has 1 aromatic carbocycles. The molecule has 2 rings (SSSR count). The van der Waals surface area contributed by atoms with Crippen molar-refractivity contribution >= 4 is 15.9 Å². The first-order valence-corrected chi connectivity index (χ1v) is 8.11. The summed E-state index contributed by atoms with van der Waals surface area (Å²) in [6.07, 6.45) is 5.12. The smallest absolute Gasteiger partial charge is 0.0589 e. The molecule has 3 atom stereocenters. The fraction of sp³-hybridized carbons (Fsp3) is 0.625. The molecule has 0 bridgehead atoms. The molecular formula is C16H24BrNO. The van der Waals surface area contributed by atoms with Gasteiger partial charge < -0.3 is 10.1 Å². The van der Waals surface area contributed by atoms with E-state index in [4.69, 9.17) is 4.74 Å². The summed E-state index contributed by atoms with van der Waals surface area (Å²) in [5, 5.41) is 3.75. The maximum absolute atomic E-state index is 5.81. The predicted octanol–water partition coefficient (Wildman–Crippen LogP) is 4.45. The van der Waals surface area contributed by atoms with E-state index < -0.39 is 0 Å². The molecule has 2 nitrogen and oxygen atoms in total. The van der Waals surface area contributed by atoms with Gasteiger partial charge in [-0.2, -0.15) is 0 Å². The lowest BCUT2D eigenvalue weighted by molar-refractivity contribution is -0.00472. The number of rotatable bonds is 5. The van der Waals surface area contributed by atoms with Crippen LogP contribution in [0.15, 0.2) is 28.7 Å². The Bertz CT molecular complexity index is 377. The van der Waals surface area contributed by atoms with Crippen LogP contribution in [0.3, 0.4) is 0 Å². The highest BCUT2D eigenvalue weighted by atomic mass is 79.9.